The Labute approximate surface area is 155 Å². The van der Waals surface area contributed by atoms with Gasteiger partial charge in [-0.3, -0.25) is 9.78 Å². The molecule has 3 heterocycles. The van der Waals surface area contributed by atoms with Crippen LogP contribution in [0.25, 0.3) is 10.9 Å². The Balaban J connectivity index is 1.43. The summed E-state index contributed by atoms with van der Waals surface area (Å²) in [6.45, 7) is 1.51. The summed E-state index contributed by atoms with van der Waals surface area (Å²) in [5, 5.41) is 6.00. The summed E-state index contributed by atoms with van der Waals surface area (Å²) >= 11 is 1.54. The molecule has 6 nitrogen and oxygen atoms in total. The molecular formula is C19H19N3O3S. The Morgan fingerprint density at radius 1 is 1.35 bits per heavy atom. The maximum Gasteiger partial charge on any atom is 0.251 e. The van der Waals surface area contributed by atoms with E-state index in [9.17, 15) is 4.79 Å². The SMILES string of the molecule is O=C(N[C@@H]1CCOC[C@H]1OCc1cscn1)c1ccc2ncccc2c1. The number of aromatic nitrogens is 2. The van der Waals surface area contributed by atoms with E-state index in [1.807, 2.05) is 29.6 Å². The molecule has 134 valence electrons. The number of carbonyl (C=O) groups excluding carboxylic acids is 1. The first-order chi connectivity index (χ1) is 12.8. The highest BCUT2D eigenvalue weighted by atomic mass is 32.1. The van der Waals surface area contributed by atoms with Crippen molar-refractivity contribution >= 4 is 28.1 Å². The average Bonchev–Trinajstić information content (AvgIpc) is 3.20. The van der Waals surface area contributed by atoms with Crippen LogP contribution in [0, 0.1) is 0 Å². The highest BCUT2D eigenvalue weighted by Crippen LogP contribution is 2.17. The van der Waals surface area contributed by atoms with Crippen molar-refractivity contribution in [1.82, 2.24) is 15.3 Å². The summed E-state index contributed by atoms with van der Waals surface area (Å²) < 4.78 is 11.5. The average molecular weight is 369 g/mol. The Morgan fingerprint density at radius 2 is 2.31 bits per heavy atom. The highest BCUT2D eigenvalue weighted by Gasteiger charge is 2.28. The molecule has 0 saturated carbocycles. The molecule has 2 atom stereocenters. The van der Waals surface area contributed by atoms with E-state index in [0.29, 0.717) is 25.4 Å². The van der Waals surface area contributed by atoms with Crippen LogP contribution in [0.4, 0.5) is 0 Å². The van der Waals surface area contributed by atoms with Crippen molar-refractivity contribution < 1.29 is 14.3 Å². The first-order valence-corrected chi connectivity index (χ1v) is 9.46. The Bertz CT molecular complexity index is 885. The monoisotopic (exact) mass is 369 g/mol. The minimum Gasteiger partial charge on any atom is -0.379 e. The van der Waals surface area contributed by atoms with Crippen molar-refractivity contribution in [2.45, 2.75) is 25.2 Å². The van der Waals surface area contributed by atoms with Crippen molar-refractivity contribution in [3.63, 3.8) is 0 Å². The predicted octanol–water partition coefficient (Wildman–Crippen LogP) is 2.80. The quantitative estimate of drug-likeness (QED) is 0.749. The van der Waals surface area contributed by atoms with E-state index in [2.05, 4.69) is 15.3 Å². The third-order valence-electron chi connectivity index (χ3n) is 4.41. The molecule has 1 aromatic carbocycles. The van der Waals surface area contributed by atoms with Gasteiger partial charge in [0.2, 0.25) is 0 Å². The molecule has 1 amide bonds. The van der Waals surface area contributed by atoms with Gasteiger partial charge < -0.3 is 14.8 Å². The van der Waals surface area contributed by atoms with Gasteiger partial charge in [0.25, 0.3) is 5.91 Å². The summed E-state index contributed by atoms with van der Waals surface area (Å²) in [5.41, 5.74) is 4.17. The molecule has 26 heavy (non-hydrogen) atoms. The Kier molecular flexibility index (Phi) is 5.19. The van der Waals surface area contributed by atoms with Crippen molar-refractivity contribution in [3.8, 4) is 0 Å². The van der Waals surface area contributed by atoms with Gasteiger partial charge in [0, 0.05) is 29.1 Å². The number of fused-ring (bicyclic) bond motifs is 1. The molecule has 1 fully saturated rings. The number of ether oxygens (including phenoxy) is 2. The molecule has 1 N–H and O–H groups in total. The first-order valence-electron chi connectivity index (χ1n) is 8.51. The molecule has 0 aliphatic carbocycles. The summed E-state index contributed by atoms with van der Waals surface area (Å²) in [6.07, 6.45) is 2.29. The van der Waals surface area contributed by atoms with E-state index >= 15 is 0 Å². The molecule has 4 rings (SSSR count). The number of thiazole rings is 1. The molecule has 2 aromatic heterocycles. The van der Waals surface area contributed by atoms with E-state index in [0.717, 1.165) is 23.0 Å². The molecule has 1 aliphatic rings. The normalized spacial score (nSPS) is 20.2. The number of nitrogens with one attached hydrogen (secondary N) is 1. The molecule has 1 saturated heterocycles. The number of nitrogens with zero attached hydrogens (tertiary/aromatic N) is 2. The summed E-state index contributed by atoms with van der Waals surface area (Å²) in [6, 6.07) is 9.26. The highest BCUT2D eigenvalue weighted by molar-refractivity contribution is 7.07. The number of benzene rings is 1. The van der Waals surface area contributed by atoms with Crippen LogP contribution in [-0.2, 0) is 16.1 Å². The lowest BCUT2D eigenvalue weighted by Gasteiger charge is -2.32. The zero-order valence-corrected chi connectivity index (χ0v) is 14.9. The summed E-state index contributed by atoms with van der Waals surface area (Å²) in [5.74, 6) is -0.107. The zero-order valence-electron chi connectivity index (χ0n) is 14.1. The number of amides is 1. The maximum absolute atomic E-state index is 12.7. The molecule has 0 spiro atoms. The minimum atomic E-state index is -0.184. The fourth-order valence-corrected chi connectivity index (χ4v) is 3.55. The smallest absolute Gasteiger partial charge is 0.251 e. The molecule has 0 unspecified atom stereocenters. The van der Waals surface area contributed by atoms with Gasteiger partial charge in [0.15, 0.2) is 0 Å². The van der Waals surface area contributed by atoms with Gasteiger partial charge in [-0.1, -0.05) is 6.07 Å². The van der Waals surface area contributed by atoms with Crippen molar-refractivity contribution in [1.29, 1.82) is 0 Å². The zero-order chi connectivity index (χ0) is 17.8. The van der Waals surface area contributed by atoms with Crippen molar-refractivity contribution in [2.24, 2.45) is 0 Å². The number of hydrogen-bond acceptors (Lipinski definition) is 6. The number of carbonyl (C=O) groups is 1. The van der Waals surface area contributed by atoms with Gasteiger partial charge in [-0.05, 0) is 30.7 Å². The lowest BCUT2D eigenvalue weighted by atomic mass is 10.0. The van der Waals surface area contributed by atoms with Crippen LogP contribution in [0.5, 0.6) is 0 Å². The van der Waals surface area contributed by atoms with Crippen molar-refractivity contribution in [3.05, 3.63) is 58.7 Å². The Morgan fingerprint density at radius 3 is 3.19 bits per heavy atom. The van der Waals surface area contributed by atoms with E-state index in [1.165, 1.54) is 11.3 Å². The standard InChI is InChI=1S/C19H19N3O3S/c23-19(14-3-4-16-13(8-14)2-1-6-20-16)22-17-5-7-24-10-18(17)25-9-15-11-26-12-21-15/h1-4,6,8,11-12,17-18H,5,7,9-10H2,(H,22,23)/t17-,18-/m1/s1. The van der Waals surface area contributed by atoms with Crippen molar-refractivity contribution in [2.75, 3.05) is 13.2 Å². The first kappa shape index (κ1) is 17.1. The third-order valence-corrected chi connectivity index (χ3v) is 5.05. The van der Waals surface area contributed by atoms with E-state index in [-0.39, 0.29) is 18.1 Å². The van der Waals surface area contributed by atoms with Gasteiger partial charge in [0.1, 0.15) is 6.10 Å². The summed E-state index contributed by atoms with van der Waals surface area (Å²) in [7, 11) is 0. The van der Waals surface area contributed by atoms with E-state index in [1.54, 1.807) is 17.8 Å². The minimum absolute atomic E-state index is 0.0838. The number of hydrogen-bond donors (Lipinski definition) is 1. The van der Waals surface area contributed by atoms with E-state index < -0.39 is 0 Å². The molecule has 0 radical (unpaired) electrons. The third kappa shape index (κ3) is 3.90. The van der Waals surface area contributed by atoms with Crippen LogP contribution in [0.2, 0.25) is 0 Å². The lowest BCUT2D eigenvalue weighted by molar-refractivity contribution is -0.0742. The largest absolute Gasteiger partial charge is 0.379 e. The molecular weight excluding hydrogens is 350 g/mol. The van der Waals surface area contributed by atoms with Gasteiger partial charge in [-0.25, -0.2) is 4.98 Å². The van der Waals surface area contributed by atoms with Crippen LogP contribution in [0.15, 0.2) is 47.4 Å². The van der Waals surface area contributed by atoms with E-state index in [4.69, 9.17) is 9.47 Å². The van der Waals surface area contributed by atoms with Crippen LogP contribution in [0.3, 0.4) is 0 Å². The van der Waals surface area contributed by atoms with Gasteiger partial charge in [-0.2, -0.15) is 0 Å². The summed E-state index contributed by atoms with van der Waals surface area (Å²) in [4.78, 5) is 21.2. The number of pyridine rings is 1. The molecule has 0 bridgehead atoms. The maximum atomic E-state index is 12.7. The second kappa shape index (κ2) is 7.90. The fourth-order valence-electron chi connectivity index (χ4n) is 3.01. The van der Waals surface area contributed by atoms with Gasteiger partial charge >= 0.3 is 0 Å². The Hall–Kier alpha value is -2.35. The van der Waals surface area contributed by atoms with Crippen LogP contribution in [-0.4, -0.2) is 41.2 Å². The topological polar surface area (TPSA) is 73.3 Å². The molecule has 1 aliphatic heterocycles. The van der Waals surface area contributed by atoms with Gasteiger partial charge in [0.05, 0.1) is 36.0 Å². The lowest BCUT2D eigenvalue weighted by Crippen LogP contribution is -2.49. The predicted molar refractivity (Wildman–Crippen MR) is 99.1 cm³/mol. The number of rotatable bonds is 5. The second-order valence-corrected chi connectivity index (χ2v) is 6.90. The van der Waals surface area contributed by atoms with Crippen LogP contribution >= 0.6 is 11.3 Å². The molecule has 3 aromatic rings. The van der Waals surface area contributed by atoms with Crippen LogP contribution < -0.4 is 5.32 Å². The fraction of sp³-hybridized carbons (Fsp3) is 0.316. The second-order valence-electron chi connectivity index (χ2n) is 6.18. The van der Waals surface area contributed by atoms with Gasteiger partial charge in [-0.15, -0.1) is 11.3 Å². The van der Waals surface area contributed by atoms with Crippen LogP contribution in [0.1, 0.15) is 22.5 Å². The molecule has 7 heteroatoms.